The highest BCUT2D eigenvalue weighted by atomic mass is 79.9. The lowest BCUT2D eigenvalue weighted by Crippen LogP contribution is -2.10. The van der Waals surface area contributed by atoms with Crippen molar-refractivity contribution in [1.82, 2.24) is 0 Å². The summed E-state index contributed by atoms with van der Waals surface area (Å²) in [5.74, 6) is 0. The van der Waals surface area contributed by atoms with Crippen LogP contribution >= 0.6 is 27.5 Å². The molecule has 0 saturated carbocycles. The summed E-state index contributed by atoms with van der Waals surface area (Å²) in [6.07, 6.45) is -4.34. The first-order valence-electron chi connectivity index (χ1n) is 6.16. The fourth-order valence-corrected chi connectivity index (χ4v) is 2.47. The van der Waals surface area contributed by atoms with Crippen molar-refractivity contribution in [2.24, 2.45) is 0 Å². The molecule has 0 aromatic heterocycles. The summed E-state index contributed by atoms with van der Waals surface area (Å²) in [7, 11) is 0. The summed E-state index contributed by atoms with van der Waals surface area (Å²) >= 11 is 9.35. The van der Waals surface area contributed by atoms with Crippen molar-refractivity contribution in [2.75, 3.05) is 5.32 Å². The van der Waals surface area contributed by atoms with Crippen molar-refractivity contribution in [3.05, 3.63) is 63.1 Å². The quantitative estimate of drug-likeness (QED) is 0.661. The van der Waals surface area contributed by atoms with Crippen LogP contribution in [-0.2, 0) is 6.18 Å². The minimum absolute atomic E-state index is 0.290. The first-order valence-corrected chi connectivity index (χ1v) is 7.34. The normalized spacial score (nSPS) is 13.0. The van der Waals surface area contributed by atoms with Gasteiger partial charge >= 0.3 is 6.18 Å². The third-order valence-electron chi connectivity index (χ3n) is 3.04. The molecule has 1 unspecified atom stereocenters. The van der Waals surface area contributed by atoms with E-state index in [1.54, 1.807) is 31.2 Å². The zero-order valence-corrected chi connectivity index (χ0v) is 13.4. The molecule has 0 saturated heterocycles. The molecule has 0 aliphatic heterocycles. The van der Waals surface area contributed by atoms with E-state index in [4.69, 9.17) is 11.6 Å². The number of benzene rings is 2. The molecule has 2 rings (SSSR count). The lowest BCUT2D eigenvalue weighted by molar-refractivity contribution is -0.137. The minimum atomic E-state index is -4.34. The van der Waals surface area contributed by atoms with E-state index < -0.39 is 11.7 Å². The largest absolute Gasteiger partial charge is 0.416 e. The van der Waals surface area contributed by atoms with E-state index in [0.717, 1.165) is 17.8 Å². The molecule has 0 fully saturated rings. The summed E-state index contributed by atoms with van der Waals surface area (Å²) in [6.45, 7) is 1.79. The van der Waals surface area contributed by atoms with Gasteiger partial charge in [0.1, 0.15) is 0 Å². The van der Waals surface area contributed by atoms with E-state index in [0.29, 0.717) is 15.1 Å². The van der Waals surface area contributed by atoms with Crippen molar-refractivity contribution >= 4 is 33.2 Å². The van der Waals surface area contributed by atoms with Crippen molar-refractivity contribution < 1.29 is 13.2 Å². The van der Waals surface area contributed by atoms with Gasteiger partial charge in [-0.05, 0) is 52.7 Å². The first kappa shape index (κ1) is 16.2. The summed E-state index contributed by atoms with van der Waals surface area (Å²) in [5, 5.41) is 3.69. The van der Waals surface area contributed by atoms with E-state index in [2.05, 4.69) is 21.2 Å². The Bertz CT molecular complexity index is 643. The first-order chi connectivity index (χ1) is 9.79. The van der Waals surface area contributed by atoms with Gasteiger partial charge in [-0.25, -0.2) is 0 Å². The highest BCUT2D eigenvalue weighted by Crippen LogP contribution is 2.34. The van der Waals surface area contributed by atoms with Crippen LogP contribution in [0.1, 0.15) is 24.1 Å². The molecular formula is C15H12BrClF3N. The van der Waals surface area contributed by atoms with E-state index in [-0.39, 0.29) is 6.04 Å². The molecule has 0 amide bonds. The van der Waals surface area contributed by atoms with E-state index in [9.17, 15) is 13.2 Å². The fraction of sp³-hybridized carbons (Fsp3) is 0.200. The van der Waals surface area contributed by atoms with Crippen LogP contribution in [0.5, 0.6) is 0 Å². The summed E-state index contributed by atoms with van der Waals surface area (Å²) < 4.78 is 38.9. The predicted molar refractivity (Wildman–Crippen MR) is 82.6 cm³/mol. The minimum Gasteiger partial charge on any atom is -0.378 e. The highest BCUT2D eigenvalue weighted by Gasteiger charge is 2.30. The molecule has 2 aromatic carbocycles. The van der Waals surface area contributed by atoms with Gasteiger partial charge in [-0.2, -0.15) is 13.2 Å². The van der Waals surface area contributed by atoms with E-state index >= 15 is 0 Å². The van der Waals surface area contributed by atoms with Gasteiger partial charge in [0, 0.05) is 6.04 Å². The van der Waals surface area contributed by atoms with Crippen LogP contribution in [0.3, 0.4) is 0 Å². The lowest BCUT2D eigenvalue weighted by Gasteiger charge is -2.18. The number of nitrogens with one attached hydrogen (secondary N) is 1. The maximum Gasteiger partial charge on any atom is 0.416 e. The van der Waals surface area contributed by atoms with Crippen molar-refractivity contribution in [1.29, 1.82) is 0 Å². The average Bonchev–Trinajstić information content (AvgIpc) is 2.43. The molecule has 1 nitrogen and oxygen atoms in total. The van der Waals surface area contributed by atoms with Crippen LogP contribution < -0.4 is 5.32 Å². The Morgan fingerprint density at radius 3 is 2.48 bits per heavy atom. The maximum absolute atomic E-state index is 12.7. The monoisotopic (exact) mass is 377 g/mol. The molecular weight excluding hydrogens is 367 g/mol. The predicted octanol–water partition coefficient (Wildman–Crippen LogP) is 6.29. The topological polar surface area (TPSA) is 12.0 Å². The van der Waals surface area contributed by atoms with Crippen LogP contribution in [-0.4, -0.2) is 0 Å². The van der Waals surface area contributed by atoms with Gasteiger partial charge in [0.05, 0.1) is 20.7 Å². The molecule has 0 bridgehead atoms. The van der Waals surface area contributed by atoms with E-state index in [1.165, 1.54) is 6.07 Å². The molecule has 1 atom stereocenters. The number of anilines is 1. The molecule has 0 heterocycles. The molecule has 1 N–H and O–H groups in total. The molecule has 0 aliphatic carbocycles. The molecule has 21 heavy (non-hydrogen) atoms. The lowest BCUT2D eigenvalue weighted by atomic mass is 10.0. The van der Waals surface area contributed by atoms with Gasteiger partial charge in [-0.15, -0.1) is 0 Å². The third-order valence-corrected chi connectivity index (χ3v) is 4.44. The van der Waals surface area contributed by atoms with Crippen LogP contribution in [0.25, 0.3) is 0 Å². The van der Waals surface area contributed by atoms with Crippen LogP contribution in [0.4, 0.5) is 18.9 Å². The van der Waals surface area contributed by atoms with Gasteiger partial charge in [0.2, 0.25) is 0 Å². The molecule has 6 heteroatoms. The zero-order valence-electron chi connectivity index (χ0n) is 11.0. The third kappa shape index (κ3) is 3.92. The summed E-state index contributed by atoms with van der Waals surface area (Å²) in [4.78, 5) is 0. The molecule has 112 valence electrons. The Hall–Kier alpha value is -1.20. The highest BCUT2D eigenvalue weighted by molar-refractivity contribution is 9.10. The van der Waals surface area contributed by atoms with Crippen molar-refractivity contribution in [2.45, 2.75) is 19.1 Å². The maximum atomic E-state index is 12.7. The Labute approximate surface area is 134 Å². The van der Waals surface area contributed by atoms with Gasteiger partial charge in [0.25, 0.3) is 0 Å². The van der Waals surface area contributed by atoms with E-state index in [1.807, 2.05) is 0 Å². The Balaban J connectivity index is 2.25. The van der Waals surface area contributed by atoms with Crippen molar-refractivity contribution in [3.63, 3.8) is 0 Å². The van der Waals surface area contributed by atoms with Gasteiger partial charge in [0.15, 0.2) is 0 Å². The Morgan fingerprint density at radius 1 is 1.14 bits per heavy atom. The molecule has 0 aliphatic rings. The average molecular weight is 379 g/mol. The number of halogens is 5. The second-order valence-corrected chi connectivity index (χ2v) is 5.79. The number of rotatable bonds is 3. The molecule has 0 radical (unpaired) electrons. The number of hydrogen-bond donors (Lipinski definition) is 1. The SMILES string of the molecule is CC(Nc1cccc(Cl)c1Br)c1cccc(C(F)(F)F)c1. The standard InChI is InChI=1S/C15H12BrClF3N/c1-9(21-13-7-3-6-12(17)14(13)16)10-4-2-5-11(8-10)15(18,19)20/h2-9,21H,1H3. The van der Waals surface area contributed by atoms with Gasteiger partial charge < -0.3 is 5.32 Å². The van der Waals surface area contributed by atoms with Crippen LogP contribution in [0, 0.1) is 0 Å². The second-order valence-electron chi connectivity index (χ2n) is 4.59. The molecule has 0 spiro atoms. The fourth-order valence-electron chi connectivity index (χ4n) is 1.92. The van der Waals surface area contributed by atoms with Crippen LogP contribution in [0.2, 0.25) is 5.02 Å². The summed E-state index contributed by atoms with van der Waals surface area (Å²) in [6, 6.07) is 10.3. The van der Waals surface area contributed by atoms with Crippen molar-refractivity contribution in [3.8, 4) is 0 Å². The Morgan fingerprint density at radius 2 is 1.81 bits per heavy atom. The number of hydrogen-bond acceptors (Lipinski definition) is 1. The summed E-state index contributed by atoms with van der Waals surface area (Å²) in [5.41, 5.74) is 0.628. The van der Waals surface area contributed by atoms with Gasteiger partial charge in [-0.3, -0.25) is 0 Å². The van der Waals surface area contributed by atoms with Crippen LogP contribution in [0.15, 0.2) is 46.9 Å². The Kier molecular flexibility index (Phi) is 4.84. The van der Waals surface area contributed by atoms with Gasteiger partial charge in [-0.1, -0.05) is 29.8 Å². The zero-order chi connectivity index (χ0) is 15.6. The smallest absolute Gasteiger partial charge is 0.378 e. The second kappa shape index (κ2) is 6.28. The number of alkyl halides is 3. The molecule has 2 aromatic rings.